The van der Waals surface area contributed by atoms with E-state index in [-0.39, 0.29) is 11.8 Å². The van der Waals surface area contributed by atoms with Gasteiger partial charge in [-0.25, -0.2) is 4.79 Å². The highest BCUT2D eigenvalue weighted by molar-refractivity contribution is 7.09. The fraction of sp³-hybridized carbons (Fsp3) is 0.100. The van der Waals surface area contributed by atoms with Crippen molar-refractivity contribution in [2.45, 2.75) is 6.54 Å². The number of aryl methyl sites for hydroxylation is 1. The van der Waals surface area contributed by atoms with Gasteiger partial charge >= 0.3 is 5.69 Å². The Morgan fingerprint density at radius 1 is 1.27 bits per heavy atom. The van der Waals surface area contributed by atoms with Gasteiger partial charge in [-0.05, 0) is 35.7 Å². The molecule has 30 heavy (non-hydrogen) atoms. The van der Waals surface area contributed by atoms with Crippen LogP contribution in [0.15, 0.2) is 57.2 Å². The third-order valence-corrected chi connectivity index (χ3v) is 5.58. The average molecular weight is 420 g/mol. The molecule has 0 aliphatic heterocycles. The van der Waals surface area contributed by atoms with Crippen molar-refractivity contribution >= 4 is 28.1 Å². The van der Waals surface area contributed by atoms with E-state index in [9.17, 15) is 9.59 Å². The average Bonchev–Trinajstić information content (AvgIpc) is 3.51. The summed E-state index contributed by atoms with van der Waals surface area (Å²) in [7, 11) is 1.80. The van der Waals surface area contributed by atoms with Crippen molar-refractivity contribution in [2.24, 2.45) is 7.05 Å². The van der Waals surface area contributed by atoms with Crippen molar-refractivity contribution in [3.8, 4) is 22.8 Å². The molecule has 0 bridgehead atoms. The van der Waals surface area contributed by atoms with Gasteiger partial charge in [0.05, 0.1) is 12.2 Å². The van der Waals surface area contributed by atoms with Crippen LogP contribution >= 0.6 is 11.3 Å². The Bertz CT molecular complexity index is 1410. The minimum Gasteiger partial charge on any atom is -0.355 e. The van der Waals surface area contributed by atoms with E-state index >= 15 is 0 Å². The number of carbonyl (C=O) groups excluding carboxylic acids is 1. The summed E-state index contributed by atoms with van der Waals surface area (Å²) < 4.78 is 6.74. The van der Waals surface area contributed by atoms with Crippen molar-refractivity contribution in [3.63, 3.8) is 0 Å². The first kappa shape index (κ1) is 18.1. The first-order chi connectivity index (χ1) is 14.6. The predicted octanol–water partition coefficient (Wildman–Crippen LogP) is 2.90. The first-order valence-corrected chi connectivity index (χ1v) is 9.98. The molecule has 0 saturated heterocycles. The predicted molar refractivity (Wildman–Crippen MR) is 112 cm³/mol. The Balaban J connectivity index is 1.42. The van der Waals surface area contributed by atoms with Crippen LogP contribution in [0, 0.1) is 0 Å². The lowest BCUT2D eigenvalue weighted by molar-refractivity contribution is 0.0945. The number of carbonyl (C=O) groups is 1. The number of aromatic amines is 2. The molecule has 150 valence electrons. The fourth-order valence-electron chi connectivity index (χ4n) is 3.27. The maximum Gasteiger partial charge on any atom is 0.377 e. The molecule has 5 aromatic rings. The summed E-state index contributed by atoms with van der Waals surface area (Å²) in [6.07, 6.45) is 0. The van der Waals surface area contributed by atoms with Crippen molar-refractivity contribution in [3.05, 3.63) is 68.9 Å². The summed E-state index contributed by atoms with van der Waals surface area (Å²) >= 11 is 1.59. The maximum absolute atomic E-state index is 12.5. The number of aromatic nitrogens is 5. The molecule has 9 nitrogen and oxygen atoms in total. The van der Waals surface area contributed by atoms with Crippen LogP contribution in [0.2, 0.25) is 0 Å². The van der Waals surface area contributed by atoms with Crippen molar-refractivity contribution in [1.29, 1.82) is 0 Å². The molecule has 0 saturated carbocycles. The van der Waals surface area contributed by atoms with E-state index in [1.165, 1.54) is 0 Å². The van der Waals surface area contributed by atoms with Crippen LogP contribution in [-0.4, -0.2) is 30.8 Å². The van der Waals surface area contributed by atoms with Gasteiger partial charge in [0.25, 0.3) is 11.8 Å². The minimum atomic E-state index is -0.538. The largest absolute Gasteiger partial charge is 0.377 e. The van der Waals surface area contributed by atoms with Gasteiger partial charge in [0.15, 0.2) is 5.69 Å². The van der Waals surface area contributed by atoms with E-state index in [0.29, 0.717) is 17.9 Å². The smallest absolute Gasteiger partial charge is 0.355 e. The number of nitrogens with zero attached hydrogens (tertiary/aromatic N) is 3. The lowest BCUT2D eigenvalue weighted by Crippen LogP contribution is -2.22. The van der Waals surface area contributed by atoms with E-state index in [1.54, 1.807) is 29.1 Å². The minimum absolute atomic E-state index is 0.197. The normalized spacial score (nSPS) is 11.2. The molecule has 1 aromatic carbocycles. The van der Waals surface area contributed by atoms with E-state index < -0.39 is 5.69 Å². The highest BCUT2D eigenvalue weighted by Crippen LogP contribution is 2.28. The van der Waals surface area contributed by atoms with Crippen molar-refractivity contribution in [1.82, 2.24) is 30.2 Å². The molecule has 1 amide bonds. The molecule has 0 aliphatic rings. The van der Waals surface area contributed by atoms with Gasteiger partial charge < -0.3 is 14.8 Å². The summed E-state index contributed by atoms with van der Waals surface area (Å²) in [5, 5.41) is 12.3. The molecule has 0 spiro atoms. The third kappa shape index (κ3) is 3.33. The van der Waals surface area contributed by atoms with E-state index in [0.717, 1.165) is 27.0 Å². The third-order valence-electron chi connectivity index (χ3n) is 4.70. The second-order valence-electron chi connectivity index (χ2n) is 6.71. The molecule has 4 aromatic heterocycles. The van der Waals surface area contributed by atoms with E-state index in [4.69, 9.17) is 4.52 Å². The van der Waals surface area contributed by atoms with Crippen LogP contribution in [0.5, 0.6) is 0 Å². The zero-order chi connectivity index (χ0) is 20.7. The summed E-state index contributed by atoms with van der Waals surface area (Å²) in [6, 6.07) is 13.4. The summed E-state index contributed by atoms with van der Waals surface area (Å²) in [5.41, 5.74) is 3.01. The number of rotatable bonds is 5. The molecule has 10 heteroatoms. The maximum atomic E-state index is 12.5. The second kappa shape index (κ2) is 7.16. The molecule has 0 radical (unpaired) electrons. The summed E-state index contributed by atoms with van der Waals surface area (Å²) in [6.45, 7) is 0.476. The zero-order valence-corrected chi connectivity index (χ0v) is 16.6. The Labute approximate surface area is 173 Å². The van der Waals surface area contributed by atoms with Crippen LogP contribution in [0.4, 0.5) is 0 Å². The number of benzene rings is 1. The SMILES string of the molecule is Cn1nc(C(=O)NCc2cccs2)cc1-c1ccc2[nH]c(-c3nc(=O)[nH]o3)cc2c1. The number of hydrogen-bond acceptors (Lipinski definition) is 6. The Hall–Kier alpha value is -3.92. The Kier molecular flexibility index (Phi) is 4.32. The van der Waals surface area contributed by atoms with Crippen LogP contribution in [0.1, 0.15) is 15.4 Å². The van der Waals surface area contributed by atoms with Crippen LogP contribution < -0.4 is 11.0 Å². The van der Waals surface area contributed by atoms with Gasteiger partial charge in [-0.15, -0.1) is 11.3 Å². The Morgan fingerprint density at radius 3 is 2.93 bits per heavy atom. The number of thiophene rings is 1. The molecule has 0 aliphatic carbocycles. The molecule has 0 unspecified atom stereocenters. The Morgan fingerprint density at radius 2 is 2.17 bits per heavy atom. The molecule has 0 fully saturated rings. The van der Waals surface area contributed by atoms with Gasteiger partial charge in [0, 0.05) is 28.4 Å². The fourth-order valence-corrected chi connectivity index (χ4v) is 3.92. The van der Waals surface area contributed by atoms with Gasteiger partial charge in [0.2, 0.25) is 0 Å². The highest BCUT2D eigenvalue weighted by Gasteiger charge is 2.15. The molecule has 4 heterocycles. The monoisotopic (exact) mass is 420 g/mol. The van der Waals surface area contributed by atoms with Gasteiger partial charge in [0.1, 0.15) is 5.69 Å². The second-order valence-corrected chi connectivity index (χ2v) is 7.74. The quantitative estimate of drug-likeness (QED) is 0.404. The highest BCUT2D eigenvalue weighted by atomic mass is 32.1. The van der Waals surface area contributed by atoms with Crippen LogP contribution in [0.3, 0.4) is 0 Å². The zero-order valence-electron chi connectivity index (χ0n) is 15.8. The van der Waals surface area contributed by atoms with Crippen LogP contribution in [0.25, 0.3) is 33.7 Å². The topological polar surface area (TPSA) is 122 Å². The van der Waals surface area contributed by atoms with E-state index in [2.05, 4.69) is 25.5 Å². The standard InChI is InChI=1S/C20H16N6O3S/c1-26-17(9-15(24-26)18(27)21-10-13-3-2-6-30-13)11-4-5-14-12(7-11)8-16(22-14)19-23-20(28)25-29-19/h2-9,22H,10H2,1H3,(H,21,27)(H,25,28). The molecular formula is C20H16N6O3S. The van der Waals surface area contributed by atoms with Crippen molar-refractivity contribution < 1.29 is 9.32 Å². The number of fused-ring (bicyclic) bond motifs is 1. The summed E-state index contributed by atoms with van der Waals surface area (Å²) in [5.74, 6) is -0.0215. The molecule has 0 atom stereocenters. The number of nitrogens with one attached hydrogen (secondary N) is 3. The van der Waals surface area contributed by atoms with Crippen LogP contribution in [-0.2, 0) is 13.6 Å². The lowest BCUT2D eigenvalue weighted by atomic mass is 10.1. The first-order valence-electron chi connectivity index (χ1n) is 9.10. The number of H-pyrrole nitrogens is 2. The van der Waals surface area contributed by atoms with Gasteiger partial charge in [-0.1, -0.05) is 12.1 Å². The molecular weight excluding hydrogens is 404 g/mol. The lowest BCUT2D eigenvalue weighted by Gasteiger charge is -2.01. The molecule has 5 rings (SSSR count). The summed E-state index contributed by atoms with van der Waals surface area (Å²) in [4.78, 5) is 31.7. The van der Waals surface area contributed by atoms with E-state index in [1.807, 2.05) is 41.8 Å². The molecule has 3 N–H and O–H groups in total. The van der Waals surface area contributed by atoms with Gasteiger partial charge in [-0.2, -0.15) is 15.2 Å². The van der Waals surface area contributed by atoms with Crippen molar-refractivity contribution in [2.75, 3.05) is 0 Å². The number of amides is 1. The van der Waals surface area contributed by atoms with Gasteiger partial charge in [-0.3, -0.25) is 9.48 Å². The number of hydrogen-bond donors (Lipinski definition) is 3.